The van der Waals surface area contributed by atoms with E-state index in [0.29, 0.717) is 19.0 Å². The van der Waals surface area contributed by atoms with Crippen molar-refractivity contribution in [1.29, 1.82) is 0 Å². The summed E-state index contributed by atoms with van der Waals surface area (Å²) in [6.45, 7) is 10.1. The molecule has 1 saturated heterocycles. The molecule has 0 bridgehead atoms. The third-order valence-corrected chi connectivity index (χ3v) is 5.87. The van der Waals surface area contributed by atoms with E-state index in [2.05, 4.69) is 53.3 Å². The highest BCUT2D eigenvalue weighted by Gasteiger charge is 2.28. The number of aromatic nitrogens is 3. The van der Waals surface area contributed by atoms with Gasteiger partial charge in [0.05, 0.1) is 12.2 Å². The second-order valence-electron chi connectivity index (χ2n) is 8.11. The van der Waals surface area contributed by atoms with Gasteiger partial charge in [-0.2, -0.15) is 5.10 Å². The van der Waals surface area contributed by atoms with Crippen LogP contribution in [-0.4, -0.2) is 45.2 Å². The van der Waals surface area contributed by atoms with E-state index in [-0.39, 0.29) is 5.91 Å². The molecule has 0 spiro atoms. The standard InChI is InChI=1S/C23H29N5O/c1-16-6-7-19(13-17(16)2)14-27-11-8-20(15-27)22-21-5-4-9-25-23(21)28(26-22)12-10-24-18(3)29/h4-7,9,13,20H,8,10-12,14-15H2,1-3H3,(H,24,29). The van der Waals surface area contributed by atoms with Crippen molar-refractivity contribution in [1.82, 2.24) is 25.0 Å². The summed E-state index contributed by atoms with van der Waals surface area (Å²) >= 11 is 0. The van der Waals surface area contributed by atoms with E-state index in [9.17, 15) is 4.79 Å². The summed E-state index contributed by atoms with van der Waals surface area (Å²) < 4.78 is 1.94. The Bertz CT molecular complexity index is 1030. The van der Waals surface area contributed by atoms with Gasteiger partial charge >= 0.3 is 0 Å². The molecule has 1 fully saturated rings. The van der Waals surface area contributed by atoms with Gasteiger partial charge in [0.25, 0.3) is 0 Å². The molecule has 29 heavy (non-hydrogen) atoms. The van der Waals surface area contributed by atoms with Crippen LogP contribution in [0.25, 0.3) is 11.0 Å². The number of pyridine rings is 1. The van der Waals surface area contributed by atoms with E-state index in [4.69, 9.17) is 5.10 Å². The molecule has 0 aliphatic carbocycles. The minimum Gasteiger partial charge on any atom is -0.354 e. The SMILES string of the molecule is CC(=O)NCCn1nc(C2CCN(Cc3ccc(C)c(C)c3)C2)c2cccnc21. The molecule has 3 aromatic rings. The summed E-state index contributed by atoms with van der Waals surface area (Å²) in [5.41, 5.74) is 6.12. The molecule has 1 unspecified atom stereocenters. The van der Waals surface area contributed by atoms with Gasteiger partial charge in [-0.15, -0.1) is 0 Å². The van der Waals surface area contributed by atoms with Crippen LogP contribution in [-0.2, 0) is 17.9 Å². The lowest BCUT2D eigenvalue weighted by molar-refractivity contribution is -0.118. The first kappa shape index (κ1) is 19.6. The van der Waals surface area contributed by atoms with Crippen molar-refractivity contribution in [3.05, 3.63) is 58.9 Å². The number of nitrogens with zero attached hydrogens (tertiary/aromatic N) is 4. The Balaban J connectivity index is 1.49. The van der Waals surface area contributed by atoms with E-state index in [0.717, 1.165) is 42.8 Å². The lowest BCUT2D eigenvalue weighted by Crippen LogP contribution is -2.25. The number of rotatable bonds is 6. The Morgan fingerprint density at radius 1 is 1.24 bits per heavy atom. The number of benzene rings is 1. The third kappa shape index (κ3) is 4.32. The number of carbonyl (C=O) groups is 1. The lowest BCUT2D eigenvalue weighted by Gasteiger charge is -2.16. The van der Waals surface area contributed by atoms with Gasteiger partial charge in [0.15, 0.2) is 5.65 Å². The summed E-state index contributed by atoms with van der Waals surface area (Å²) in [6.07, 6.45) is 2.92. The van der Waals surface area contributed by atoms with Crippen LogP contribution in [0.3, 0.4) is 0 Å². The first-order valence-electron chi connectivity index (χ1n) is 10.4. The number of aryl methyl sites for hydroxylation is 2. The zero-order chi connectivity index (χ0) is 20.4. The number of hydrogen-bond donors (Lipinski definition) is 1. The first-order chi connectivity index (χ1) is 14.0. The van der Waals surface area contributed by atoms with Gasteiger partial charge in [0.2, 0.25) is 5.91 Å². The highest BCUT2D eigenvalue weighted by molar-refractivity contribution is 5.79. The van der Waals surface area contributed by atoms with Crippen molar-refractivity contribution in [3.8, 4) is 0 Å². The average molecular weight is 392 g/mol. The van der Waals surface area contributed by atoms with Gasteiger partial charge in [0.1, 0.15) is 0 Å². The molecule has 0 radical (unpaired) electrons. The van der Waals surface area contributed by atoms with Crippen molar-refractivity contribution in [2.45, 2.75) is 46.2 Å². The number of carbonyl (C=O) groups excluding carboxylic acids is 1. The van der Waals surface area contributed by atoms with Crippen molar-refractivity contribution < 1.29 is 4.79 Å². The highest BCUT2D eigenvalue weighted by Crippen LogP contribution is 2.32. The fourth-order valence-electron chi connectivity index (χ4n) is 4.19. The number of hydrogen-bond acceptors (Lipinski definition) is 4. The number of fused-ring (bicyclic) bond motifs is 1. The van der Waals surface area contributed by atoms with Crippen molar-refractivity contribution in [2.75, 3.05) is 19.6 Å². The summed E-state index contributed by atoms with van der Waals surface area (Å²) in [6, 6.07) is 10.9. The second-order valence-corrected chi connectivity index (χ2v) is 8.11. The third-order valence-electron chi connectivity index (χ3n) is 5.87. The van der Waals surface area contributed by atoms with Gasteiger partial charge in [0, 0.05) is 44.1 Å². The Labute approximate surface area is 171 Å². The molecular weight excluding hydrogens is 362 g/mol. The molecule has 6 nitrogen and oxygen atoms in total. The largest absolute Gasteiger partial charge is 0.354 e. The van der Waals surface area contributed by atoms with Crippen LogP contribution in [0.1, 0.15) is 41.6 Å². The van der Waals surface area contributed by atoms with Crippen LogP contribution in [0.4, 0.5) is 0 Å². The van der Waals surface area contributed by atoms with Crippen LogP contribution in [0.15, 0.2) is 36.5 Å². The van der Waals surface area contributed by atoms with Crippen molar-refractivity contribution >= 4 is 16.9 Å². The van der Waals surface area contributed by atoms with Crippen molar-refractivity contribution in [3.63, 3.8) is 0 Å². The summed E-state index contributed by atoms with van der Waals surface area (Å²) in [5, 5.41) is 8.89. The quantitative estimate of drug-likeness (QED) is 0.701. The average Bonchev–Trinajstić information content (AvgIpc) is 3.29. The maximum absolute atomic E-state index is 11.2. The minimum atomic E-state index is -0.0209. The molecule has 1 amide bonds. The highest BCUT2D eigenvalue weighted by atomic mass is 16.1. The monoisotopic (exact) mass is 391 g/mol. The van der Waals surface area contributed by atoms with Crippen LogP contribution in [0, 0.1) is 13.8 Å². The minimum absolute atomic E-state index is 0.0209. The summed E-state index contributed by atoms with van der Waals surface area (Å²) in [7, 11) is 0. The van der Waals surface area contributed by atoms with E-state index in [1.54, 1.807) is 0 Å². The Hall–Kier alpha value is -2.73. The van der Waals surface area contributed by atoms with E-state index in [1.165, 1.54) is 23.6 Å². The van der Waals surface area contributed by atoms with Gasteiger partial charge in [-0.1, -0.05) is 18.2 Å². The van der Waals surface area contributed by atoms with Gasteiger partial charge in [-0.3, -0.25) is 9.69 Å². The summed E-state index contributed by atoms with van der Waals surface area (Å²) in [4.78, 5) is 18.2. The van der Waals surface area contributed by atoms with Gasteiger partial charge in [-0.25, -0.2) is 9.67 Å². The molecule has 0 saturated carbocycles. The Morgan fingerprint density at radius 3 is 2.90 bits per heavy atom. The van der Waals surface area contributed by atoms with Crippen LogP contribution < -0.4 is 5.32 Å². The molecule has 1 aliphatic rings. The number of likely N-dealkylation sites (tertiary alicyclic amines) is 1. The lowest BCUT2D eigenvalue weighted by atomic mass is 10.0. The fraction of sp³-hybridized carbons (Fsp3) is 0.435. The van der Waals surface area contributed by atoms with Gasteiger partial charge in [-0.05, 0) is 55.6 Å². The van der Waals surface area contributed by atoms with E-state index in [1.807, 2.05) is 16.9 Å². The van der Waals surface area contributed by atoms with Crippen LogP contribution in [0.2, 0.25) is 0 Å². The van der Waals surface area contributed by atoms with Crippen LogP contribution in [0.5, 0.6) is 0 Å². The van der Waals surface area contributed by atoms with E-state index < -0.39 is 0 Å². The Kier molecular flexibility index (Phi) is 5.62. The van der Waals surface area contributed by atoms with Gasteiger partial charge < -0.3 is 5.32 Å². The molecule has 2 aromatic heterocycles. The number of amides is 1. The maximum Gasteiger partial charge on any atom is 0.216 e. The molecule has 1 aliphatic heterocycles. The number of nitrogens with one attached hydrogen (secondary N) is 1. The zero-order valence-electron chi connectivity index (χ0n) is 17.5. The molecule has 6 heteroatoms. The molecule has 3 heterocycles. The molecule has 4 rings (SSSR count). The second kappa shape index (κ2) is 8.33. The zero-order valence-corrected chi connectivity index (χ0v) is 17.5. The first-order valence-corrected chi connectivity index (χ1v) is 10.4. The summed E-state index contributed by atoms with van der Waals surface area (Å²) in [5.74, 6) is 0.391. The predicted octanol–water partition coefficient (Wildman–Crippen LogP) is 3.17. The van der Waals surface area contributed by atoms with Crippen LogP contribution >= 0.6 is 0 Å². The smallest absolute Gasteiger partial charge is 0.216 e. The topological polar surface area (TPSA) is 63.1 Å². The molecule has 1 aromatic carbocycles. The Morgan fingerprint density at radius 2 is 2.10 bits per heavy atom. The van der Waals surface area contributed by atoms with E-state index >= 15 is 0 Å². The molecule has 152 valence electrons. The molecule has 1 N–H and O–H groups in total. The predicted molar refractivity (Wildman–Crippen MR) is 115 cm³/mol. The van der Waals surface area contributed by atoms with Crippen molar-refractivity contribution in [2.24, 2.45) is 0 Å². The molecular formula is C23H29N5O. The maximum atomic E-state index is 11.2. The fourth-order valence-corrected chi connectivity index (χ4v) is 4.19. The molecule has 1 atom stereocenters. The normalized spacial score (nSPS) is 17.1.